The van der Waals surface area contributed by atoms with Crippen LogP contribution in [0.15, 0.2) is 78.9 Å². The second kappa shape index (κ2) is 7.42. The minimum atomic E-state index is -0.531. The molecule has 0 saturated carbocycles. The molecular weight excluding hydrogens is 303 g/mol. The van der Waals surface area contributed by atoms with Gasteiger partial charge in [-0.3, -0.25) is 4.79 Å². The number of nitrogens with one attached hydrogen (secondary N) is 2. The molecule has 4 heteroatoms. The molecule has 0 aromatic heterocycles. The molecule has 0 heterocycles. The second-order valence-electron chi connectivity index (χ2n) is 5.35. The zero-order valence-corrected chi connectivity index (χ0v) is 13.0. The van der Waals surface area contributed by atoms with E-state index in [0.717, 1.165) is 12.2 Å². The van der Waals surface area contributed by atoms with Gasteiger partial charge in [-0.05, 0) is 42.0 Å². The van der Waals surface area contributed by atoms with E-state index in [-0.39, 0.29) is 5.56 Å². The van der Waals surface area contributed by atoms with Crippen molar-refractivity contribution in [2.24, 2.45) is 0 Å². The molecule has 0 aliphatic carbocycles. The SMILES string of the molecule is O=C(Nc1ccc(NCc2ccccc2)cc1)c1ccccc1F. The van der Waals surface area contributed by atoms with Crippen LogP contribution >= 0.6 is 0 Å². The average molecular weight is 320 g/mol. The average Bonchev–Trinajstić information content (AvgIpc) is 2.62. The molecule has 2 N–H and O–H groups in total. The van der Waals surface area contributed by atoms with Crippen molar-refractivity contribution in [2.75, 3.05) is 10.6 Å². The van der Waals surface area contributed by atoms with Gasteiger partial charge in [0.15, 0.2) is 0 Å². The molecule has 120 valence electrons. The van der Waals surface area contributed by atoms with Crippen LogP contribution in [0.5, 0.6) is 0 Å². The lowest BCUT2D eigenvalue weighted by Gasteiger charge is -2.09. The molecule has 3 rings (SSSR count). The summed E-state index contributed by atoms with van der Waals surface area (Å²) in [6.07, 6.45) is 0. The molecule has 0 bridgehead atoms. The number of carbonyl (C=O) groups is 1. The van der Waals surface area contributed by atoms with Crippen molar-refractivity contribution < 1.29 is 9.18 Å². The van der Waals surface area contributed by atoms with Gasteiger partial charge in [-0.15, -0.1) is 0 Å². The fourth-order valence-corrected chi connectivity index (χ4v) is 2.32. The highest BCUT2D eigenvalue weighted by Crippen LogP contribution is 2.16. The molecule has 0 saturated heterocycles. The number of hydrogen-bond acceptors (Lipinski definition) is 2. The highest BCUT2D eigenvalue weighted by molar-refractivity contribution is 6.04. The van der Waals surface area contributed by atoms with Gasteiger partial charge in [0.25, 0.3) is 5.91 Å². The molecule has 0 atom stereocenters. The lowest BCUT2D eigenvalue weighted by molar-refractivity contribution is 0.102. The predicted octanol–water partition coefficient (Wildman–Crippen LogP) is 4.69. The van der Waals surface area contributed by atoms with Crippen LogP contribution in [0.2, 0.25) is 0 Å². The minimum Gasteiger partial charge on any atom is -0.381 e. The second-order valence-corrected chi connectivity index (χ2v) is 5.35. The molecule has 3 nitrogen and oxygen atoms in total. The Bertz CT molecular complexity index is 817. The number of rotatable bonds is 5. The molecule has 3 aromatic rings. The summed E-state index contributed by atoms with van der Waals surface area (Å²) in [5.74, 6) is -0.991. The summed E-state index contributed by atoms with van der Waals surface area (Å²) in [6, 6.07) is 23.3. The molecule has 24 heavy (non-hydrogen) atoms. The van der Waals surface area contributed by atoms with Crippen LogP contribution in [0.4, 0.5) is 15.8 Å². The Labute approximate surface area is 140 Å². The van der Waals surface area contributed by atoms with Gasteiger partial charge < -0.3 is 10.6 Å². The van der Waals surface area contributed by atoms with Gasteiger partial charge in [0, 0.05) is 17.9 Å². The summed E-state index contributed by atoms with van der Waals surface area (Å²) in [5, 5.41) is 6.00. The zero-order valence-electron chi connectivity index (χ0n) is 13.0. The van der Waals surface area contributed by atoms with Crippen molar-refractivity contribution in [1.29, 1.82) is 0 Å². The van der Waals surface area contributed by atoms with E-state index in [1.54, 1.807) is 24.3 Å². The van der Waals surface area contributed by atoms with Crippen LogP contribution in [0.3, 0.4) is 0 Å². The van der Waals surface area contributed by atoms with E-state index in [4.69, 9.17) is 0 Å². The molecule has 0 fully saturated rings. The van der Waals surface area contributed by atoms with Crippen molar-refractivity contribution in [3.63, 3.8) is 0 Å². The summed E-state index contributed by atoms with van der Waals surface area (Å²) in [6.45, 7) is 0.724. The Morgan fingerprint density at radius 1 is 0.792 bits per heavy atom. The molecule has 0 aliphatic heterocycles. The summed E-state index contributed by atoms with van der Waals surface area (Å²) in [7, 11) is 0. The highest BCUT2D eigenvalue weighted by atomic mass is 19.1. The number of hydrogen-bond donors (Lipinski definition) is 2. The third-order valence-electron chi connectivity index (χ3n) is 3.60. The number of carbonyl (C=O) groups excluding carboxylic acids is 1. The summed E-state index contributed by atoms with van der Waals surface area (Å²) < 4.78 is 13.6. The van der Waals surface area contributed by atoms with Crippen LogP contribution in [-0.4, -0.2) is 5.91 Å². The molecule has 0 radical (unpaired) electrons. The van der Waals surface area contributed by atoms with E-state index < -0.39 is 11.7 Å². The Morgan fingerprint density at radius 2 is 1.42 bits per heavy atom. The van der Waals surface area contributed by atoms with Crippen LogP contribution < -0.4 is 10.6 Å². The maximum absolute atomic E-state index is 13.6. The first-order chi connectivity index (χ1) is 11.7. The number of amides is 1. The Balaban J connectivity index is 1.60. The van der Waals surface area contributed by atoms with Crippen molar-refractivity contribution in [2.45, 2.75) is 6.54 Å². The van der Waals surface area contributed by atoms with Crippen LogP contribution in [0, 0.1) is 5.82 Å². The van der Waals surface area contributed by atoms with Crippen LogP contribution in [0.1, 0.15) is 15.9 Å². The first-order valence-corrected chi connectivity index (χ1v) is 7.66. The van der Waals surface area contributed by atoms with Crippen molar-refractivity contribution >= 4 is 17.3 Å². The van der Waals surface area contributed by atoms with Gasteiger partial charge in [-0.2, -0.15) is 0 Å². The third kappa shape index (κ3) is 3.98. The molecular formula is C20H17FN2O. The standard InChI is InChI=1S/C20H17FN2O/c21-19-9-5-4-8-18(19)20(24)23-17-12-10-16(11-13-17)22-14-15-6-2-1-3-7-15/h1-13,22H,14H2,(H,23,24). The monoisotopic (exact) mass is 320 g/mol. The third-order valence-corrected chi connectivity index (χ3v) is 3.60. The van der Waals surface area contributed by atoms with E-state index in [0.29, 0.717) is 5.69 Å². The van der Waals surface area contributed by atoms with E-state index in [1.165, 1.54) is 17.7 Å². The highest BCUT2D eigenvalue weighted by Gasteiger charge is 2.10. The number of benzene rings is 3. The quantitative estimate of drug-likeness (QED) is 0.716. The Hall–Kier alpha value is -3.14. The summed E-state index contributed by atoms with van der Waals surface area (Å²) >= 11 is 0. The number of halogens is 1. The Morgan fingerprint density at radius 3 is 2.12 bits per heavy atom. The van der Waals surface area contributed by atoms with Crippen molar-refractivity contribution in [3.8, 4) is 0 Å². The molecule has 3 aromatic carbocycles. The lowest BCUT2D eigenvalue weighted by atomic mass is 10.2. The van der Waals surface area contributed by atoms with E-state index in [9.17, 15) is 9.18 Å². The summed E-state index contributed by atoms with van der Waals surface area (Å²) in [5.41, 5.74) is 2.79. The fraction of sp³-hybridized carbons (Fsp3) is 0.0500. The lowest BCUT2D eigenvalue weighted by Crippen LogP contribution is -2.13. The predicted molar refractivity (Wildman–Crippen MR) is 94.6 cm³/mol. The van der Waals surface area contributed by atoms with Gasteiger partial charge in [0.05, 0.1) is 5.56 Å². The van der Waals surface area contributed by atoms with E-state index in [2.05, 4.69) is 22.8 Å². The maximum Gasteiger partial charge on any atom is 0.258 e. The van der Waals surface area contributed by atoms with Crippen LogP contribution in [-0.2, 0) is 6.54 Å². The van der Waals surface area contributed by atoms with Crippen molar-refractivity contribution in [1.82, 2.24) is 0 Å². The molecule has 0 aliphatic rings. The smallest absolute Gasteiger partial charge is 0.258 e. The van der Waals surface area contributed by atoms with E-state index >= 15 is 0 Å². The zero-order chi connectivity index (χ0) is 16.8. The van der Waals surface area contributed by atoms with E-state index in [1.807, 2.05) is 30.3 Å². The summed E-state index contributed by atoms with van der Waals surface area (Å²) in [4.78, 5) is 12.1. The van der Waals surface area contributed by atoms with Gasteiger partial charge in [-0.25, -0.2) is 4.39 Å². The maximum atomic E-state index is 13.6. The van der Waals surface area contributed by atoms with Gasteiger partial charge in [0.1, 0.15) is 5.82 Å². The molecule has 0 unspecified atom stereocenters. The minimum absolute atomic E-state index is 0.0313. The molecule has 1 amide bonds. The topological polar surface area (TPSA) is 41.1 Å². The van der Waals surface area contributed by atoms with Gasteiger partial charge in [0.2, 0.25) is 0 Å². The Kier molecular flexibility index (Phi) is 4.87. The van der Waals surface area contributed by atoms with Gasteiger partial charge >= 0.3 is 0 Å². The van der Waals surface area contributed by atoms with Crippen LogP contribution in [0.25, 0.3) is 0 Å². The van der Waals surface area contributed by atoms with Crippen molar-refractivity contribution in [3.05, 3.63) is 95.8 Å². The largest absolute Gasteiger partial charge is 0.381 e. The fourth-order valence-electron chi connectivity index (χ4n) is 2.32. The normalized spacial score (nSPS) is 10.2. The molecule has 0 spiro atoms. The first-order valence-electron chi connectivity index (χ1n) is 7.66. The number of anilines is 2. The first kappa shape index (κ1) is 15.7. The van der Waals surface area contributed by atoms with Gasteiger partial charge in [-0.1, -0.05) is 42.5 Å².